The normalized spacial score (nSPS) is 10.3. The summed E-state index contributed by atoms with van der Waals surface area (Å²) < 4.78 is 0. The first-order valence-electron chi connectivity index (χ1n) is 5.71. The lowest BCUT2D eigenvalue weighted by Crippen LogP contribution is -2.14. The summed E-state index contributed by atoms with van der Waals surface area (Å²) in [6.45, 7) is 7.32. The van der Waals surface area contributed by atoms with Crippen molar-refractivity contribution in [1.82, 2.24) is 0 Å². The van der Waals surface area contributed by atoms with Gasteiger partial charge in [0, 0.05) is 12.8 Å². The fraction of sp³-hybridized carbons (Fsp3) is 0.500. The molecule has 1 aromatic rings. The van der Waals surface area contributed by atoms with Crippen LogP contribution in [0, 0.1) is 0 Å². The highest BCUT2D eigenvalue weighted by Crippen LogP contribution is 2.17. The average molecular weight is 222 g/mol. The molecule has 0 amide bonds. The van der Waals surface area contributed by atoms with Crippen molar-refractivity contribution in [3.8, 4) is 0 Å². The fourth-order valence-corrected chi connectivity index (χ4v) is 1.10. The third kappa shape index (κ3) is 6.36. The Morgan fingerprint density at radius 3 is 1.75 bits per heavy atom. The molecule has 0 bridgehead atoms. The standard InChI is InChI=1S/C9H12O.C5H10O/c1-9(2,10)8-6-4-3-5-7-8;1-3-5(6)4-2/h3-7,10H,1-2H3;3-4H2,1-2H3. The van der Waals surface area contributed by atoms with Crippen molar-refractivity contribution in [2.24, 2.45) is 0 Å². The van der Waals surface area contributed by atoms with Gasteiger partial charge in [0.15, 0.2) is 0 Å². The van der Waals surface area contributed by atoms with E-state index in [0.717, 1.165) is 5.56 Å². The van der Waals surface area contributed by atoms with Crippen LogP contribution in [0.5, 0.6) is 0 Å². The van der Waals surface area contributed by atoms with E-state index < -0.39 is 5.60 Å². The molecule has 0 atom stereocenters. The summed E-state index contributed by atoms with van der Waals surface area (Å²) in [5, 5.41) is 9.49. The van der Waals surface area contributed by atoms with Crippen LogP contribution in [0.4, 0.5) is 0 Å². The second-order valence-electron chi connectivity index (χ2n) is 4.17. The Morgan fingerprint density at radius 1 is 1.12 bits per heavy atom. The number of benzene rings is 1. The van der Waals surface area contributed by atoms with Gasteiger partial charge in [-0.1, -0.05) is 44.2 Å². The minimum absolute atomic E-state index is 0.343. The number of aliphatic hydroxyl groups is 1. The molecule has 0 unspecified atom stereocenters. The van der Waals surface area contributed by atoms with E-state index in [1.54, 1.807) is 13.8 Å². The Kier molecular flexibility index (Phi) is 6.66. The summed E-state index contributed by atoms with van der Waals surface area (Å²) in [4.78, 5) is 10.2. The van der Waals surface area contributed by atoms with E-state index in [1.165, 1.54) is 0 Å². The van der Waals surface area contributed by atoms with Crippen LogP contribution in [0.2, 0.25) is 0 Å². The van der Waals surface area contributed by atoms with Crippen LogP contribution in [0.25, 0.3) is 0 Å². The second kappa shape index (κ2) is 7.18. The first kappa shape index (κ1) is 14.8. The summed E-state index contributed by atoms with van der Waals surface area (Å²) in [7, 11) is 0. The van der Waals surface area contributed by atoms with Gasteiger partial charge in [-0.15, -0.1) is 0 Å². The fourth-order valence-electron chi connectivity index (χ4n) is 1.10. The van der Waals surface area contributed by atoms with E-state index in [-0.39, 0.29) is 0 Å². The number of hydrogen-bond acceptors (Lipinski definition) is 2. The summed E-state index contributed by atoms with van der Waals surface area (Å²) in [6, 6.07) is 9.62. The third-order valence-electron chi connectivity index (χ3n) is 2.27. The van der Waals surface area contributed by atoms with E-state index in [2.05, 4.69) is 0 Å². The molecule has 0 aliphatic rings. The molecule has 1 aromatic carbocycles. The molecule has 2 nitrogen and oxygen atoms in total. The van der Waals surface area contributed by atoms with Crippen molar-refractivity contribution in [3.05, 3.63) is 35.9 Å². The summed E-state index contributed by atoms with van der Waals surface area (Å²) >= 11 is 0. The number of rotatable bonds is 3. The summed E-state index contributed by atoms with van der Waals surface area (Å²) in [5.74, 6) is 0.343. The van der Waals surface area contributed by atoms with E-state index in [0.29, 0.717) is 18.6 Å². The average Bonchev–Trinajstić information content (AvgIpc) is 2.29. The molecule has 2 heteroatoms. The lowest BCUT2D eigenvalue weighted by Gasteiger charge is -2.16. The number of carbonyl (C=O) groups excluding carboxylic acids is 1. The maximum absolute atomic E-state index is 10.2. The van der Waals surface area contributed by atoms with Crippen LogP contribution in [-0.4, -0.2) is 10.9 Å². The van der Waals surface area contributed by atoms with Crippen LogP contribution in [0.3, 0.4) is 0 Å². The van der Waals surface area contributed by atoms with Crippen molar-refractivity contribution < 1.29 is 9.90 Å². The van der Waals surface area contributed by atoms with Crippen molar-refractivity contribution >= 4 is 5.78 Å². The zero-order valence-electron chi connectivity index (χ0n) is 10.7. The van der Waals surface area contributed by atoms with Gasteiger partial charge in [0.05, 0.1) is 5.60 Å². The molecule has 0 radical (unpaired) electrons. The lowest BCUT2D eigenvalue weighted by molar-refractivity contribution is -0.118. The molecule has 0 spiro atoms. The van der Waals surface area contributed by atoms with Gasteiger partial charge in [0.2, 0.25) is 0 Å². The van der Waals surface area contributed by atoms with Gasteiger partial charge in [-0.25, -0.2) is 0 Å². The highest BCUT2D eigenvalue weighted by Gasteiger charge is 2.13. The highest BCUT2D eigenvalue weighted by molar-refractivity contribution is 5.77. The molecule has 0 saturated carbocycles. The first-order chi connectivity index (χ1) is 7.41. The van der Waals surface area contributed by atoms with Crippen LogP contribution < -0.4 is 0 Å². The van der Waals surface area contributed by atoms with E-state index in [4.69, 9.17) is 0 Å². The minimum Gasteiger partial charge on any atom is -0.386 e. The molecular weight excluding hydrogens is 200 g/mol. The van der Waals surface area contributed by atoms with Gasteiger partial charge in [0.1, 0.15) is 5.78 Å². The van der Waals surface area contributed by atoms with Crippen molar-refractivity contribution in [1.29, 1.82) is 0 Å². The first-order valence-corrected chi connectivity index (χ1v) is 5.71. The highest BCUT2D eigenvalue weighted by atomic mass is 16.3. The van der Waals surface area contributed by atoms with Crippen molar-refractivity contribution in [2.45, 2.75) is 46.1 Å². The van der Waals surface area contributed by atoms with Gasteiger partial charge in [-0.2, -0.15) is 0 Å². The minimum atomic E-state index is -0.707. The Bertz CT molecular complexity index is 290. The maximum atomic E-state index is 10.2. The molecule has 1 N–H and O–H groups in total. The molecule has 0 fully saturated rings. The Hall–Kier alpha value is -1.15. The van der Waals surface area contributed by atoms with Crippen LogP contribution in [0.1, 0.15) is 46.1 Å². The molecule has 16 heavy (non-hydrogen) atoms. The van der Waals surface area contributed by atoms with Crippen molar-refractivity contribution in [3.63, 3.8) is 0 Å². The van der Waals surface area contributed by atoms with Crippen LogP contribution in [-0.2, 0) is 10.4 Å². The molecule has 0 saturated heterocycles. The van der Waals surface area contributed by atoms with Gasteiger partial charge in [-0.3, -0.25) is 4.79 Å². The van der Waals surface area contributed by atoms with E-state index in [9.17, 15) is 9.90 Å². The molecule has 1 rings (SSSR count). The smallest absolute Gasteiger partial charge is 0.132 e. The monoisotopic (exact) mass is 222 g/mol. The summed E-state index contributed by atoms with van der Waals surface area (Å²) in [5.41, 5.74) is 0.247. The lowest BCUT2D eigenvalue weighted by atomic mass is 9.99. The van der Waals surface area contributed by atoms with Crippen molar-refractivity contribution in [2.75, 3.05) is 0 Å². The number of carbonyl (C=O) groups is 1. The van der Waals surface area contributed by atoms with E-state index in [1.807, 2.05) is 44.2 Å². The van der Waals surface area contributed by atoms with Crippen LogP contribution >= 0.6 is 0 Å². The van der Waals surface area contributed by atoms with Crippen LogP contribution in [0.15, 0.2) is 30.3 Å². The Balaban J connectivity index is 0.000000325. The molecule has 0 aromatic heterocycles. The number of hydrogen-bond donors (Lipinski definition) is 1. The van der Waals surface area contributed by atoms with Gasteiger partial charge >= 0.3 is 0 Å². The van der Waals surface area contributed by atoms with E-state index >= 15 is 0 Å². The Labute approximate surface area is 98.3 Å². The quantitative estimate of drug-likeness (QED) is 0.852. The maximum Gasteiger partial charge on any atom is 0.132 e. The predicted octanol–water partition coefficient (Wildman–Crippen LogP) is 3.29. The topological polar surface area (TPSA) is 37.3 Å². The molecule has 0 aliphatic carbocycles. The molecule has 90 valence electrons. The van der Waals surface area contributed by atoms with Gasteiger partial charge in [-0.05, 0) is 19.4 Å². The molecule has 0 heterocycles. The van der Waals surface area contributed by atoms with Gasteiger partial charge < -0.3 is 5.11 Å². The Morgan fingerprint density at radius 2 is 1.56 bits per heavy atom. The molecular formula is C14H22O2. The van der Waals surface area contributed by atoms with Gasteiger partial charge in [0.25, 0.3) is 0 Å². The number of Topliss-reactive ketones (excluding diaryl/α,β-unsaturated/α-hetero) is 1. The zero-order valence-corrected chi connectivity index (χ0v) is 10.7. The predicted molar refractivity (Wildman–Crippen MR) is 67.3 cm³/mol. The summed E-state index contributed by atoms with van der Waals surface area (Å²) in [6.07, 6.45) is 1.38. The SMILES string of the molecule is CC(C)(O)c1ccccc1.CCC(=O)CC. The number of ketones is 1. The largest absolute Gasteiger partial charge is 0.386 e. The second-order valence-corrected chi connectivity index (χ2v) is 4.17. The molecule has 0 aliphatic heterocycles. The third-order valence-corrected chi connectivity index (χ3v) is 2.27. The zero-order chi connectivity index (χ0) is 12.6.